The van der Waals surface area contributed by atoms with Gasteiger partial charge in [-0.15, -0.1) is 0 Å². The molecule has 1 saturated heterocycles. The molecule has 0 spiro atoms. The van der Waals surface area contributed by atoms with E-state index in [2.05, 4.69) is 14.9 Å². The zero-order valence-corrected chi connectivity index (χ0v) is 10.7. The van der Waals surface area contributed by atoms with Gasteiger partial charge in [-0.2, -0.15) is 0 Å². The average Bonchev–Trinajstić information content (AvgIpc) is 2.86. The fraction of sp³-hybridized carbons (Fsp3) is 0.429. The number of aromatic amines is 1. The van der Waals surface area contributed by atoms with E-state index in [4.69, 9.17) is 5.11 Å². The van der Waals surface area contributed by atoms with Gasteiger partial charge in [-0.05, 0) is 31.0 Å². The van der Waals surface area contributed by atoms with Crippen LogP contribution in [-0.4, -0.2) is 39.7 Å². The molecule has 2 N–H and O–H groups in total. The highest BCUT2D eigenvalue weighted by atomic mass is 16.3. The fourth-order valence-corrected chi connectivity index (χ4v) is 2.63. The highest BCUT2D eigenvalue weighted by Crippen LogP contribution is 2.17. The quantitative estimate of drug-likeness (QED) is 0.853. The summed E-state index contributed by atoms with van der Waals surface area (Å²) in [5.74, 6) is 1.05. The van der Waals surface area contributed by atoms with E-state index < -0.39 is 0 Å². The minimum absolute atomic E-state index is 0.0847. The summed E-state index contributed by atoms with van der Waals surface area (Å²) >= 11 is 0. The minimum Gasteiger partial charge on any atom is -0.396 e. The second-order valence-corrected chi connectivity index (χ2v) is 5.10. The van der Waals surface area contributed by atoms with E-state index in [1.165, 1.54) is 0 Å². The van der Waals surface area contributed by atoms with Crippen LogP contribution in [0.2, 0.25) is 0 Å². The van der Waals surface area contributed by atoms with Crippen molar-refractivity contribution in [3.05, 3.63) is 40.4 Å². The highest BCUT2D eigenvalue weighted by molar-refractivity contribution is 5.77. The van der Waals surface area contributed by atoms with Gasteiger partial charge in [0.25, 0.3) is 5.56 Å². The summed E-state index contributed by atoms with van der Waals surface area (Å²) in [4.78, 5) is 21.5. The van der Waals surface area contributed by atoms with Crippen molar-refractivity contribution >= 4 is 10.9 Å². The van der Waals surface area contributed by atoms with E-state index in [0.29, 0.717) is 23.7 Å². The van der Waals surface area contributed by atoms with Crippen LogP contribution in [0.3, 0.4) is 0 Å². The maximum Gasteiger partial charge on any atom is 0.258 e. The van der Waals surface area contributed by atoms with E-state index in [1.54, 1.807) is 6.07 Å². The number of aromatic nitrogens is 2. The zero-order valence-electron chi connectivity index (χ0n) is 10.7. The predicted octanol–water partition coefficient (Wildman–Crippen LogP) is 0.737. The molecule has 1 atom stereocenters. The molecule has 0 bridgehead atoms. The largest absolute Gasteiger partial charge is 0.396 e. The van der Waals surface area contributed by atoms with Crippen molar-refractivity contribution in [2.45, 2.75) is 13.0 Å². The highest BCUT2D eigenvalue weighted by Gasteiger charge is 2.22. The van der Waals surface area contributed by atoms with Crippen molar-refractivity contribution in [2.24, 2.45) is 5.92 Å². The Morgan fingerprint density at radius 2 is 2.26 bits per heavy atom. The first-order valence-electron chi connectivity index (χ1n) is 6.57. The Morgan fingerprint density at radius 1 is 1.42 bits per heavy atom. The van der Waals surface area contributed by atoms with E-state index in [9.17, 15) is 4.79 Å². The summed E-state index contributed by atoms with van der Waals surface area (Å²) < 4.78 is 0. The molecule has 0 saturated carbocycles. The van der Waals surface area contributed by atoms with Gasteiger partial charge >= 0.3 is 0 Å². The Kier molecular flexibility index (Phi) is 3.31. The van der Waals surface area contributed by atoms with Crippen LogP contribution < -0.4 is 5.56 Å². The van der Waals surface area contributed by atoms with Crippen LogP contribution in [0.5, 0.6) is 0 Å². The number of rotatable bonds is 3. The van der Waals surface area contributed by atoms with Crippen LogP contribution in [0, 0.1) is 5.92 Å². The maximum absolute atomic E-state index is 11.9. The van der Waals surface area contributed by atoms with Gasteiger partial charge in [0.05, 0.1) is 17.4 Å². The Hall–Kier alpha value is -1.72. The number of hydrogen-bond acceptors (Lipinski definition) is 4. The first-order chi connectivity index (χ1) is 9.26. The van der Waals surface area contributed by atoms with E-state index in [0.717, 1.165) is 25.0 Å². The monoisotopic (exact) mass is 259 g/mol. The third kappa shape index (κ3) is 2.52. The molecule has 3 rings (SSSR count). The average molecular weight is 259 g/mol. The summed E-state index contributed by atoms with van der Waals surface area (Å²) in [5, 5.41) is 9.76. The van der Waals surface area contributed by atoms with Crippen molar-refractivity contribution in [2.75, 3.05) is 19.7 Å². The molecule has 1 aromatic heterocycles. The van der Waals surface area contributed by atoms with Crippen molar-refractivity contribution < 1.29 is 5.11 Å². The second kappa shape index (κ2) is 5.11. The topological polar surface area (TPSA) is 69.2 Å². The smallest absolute Gasteiger partial charge is 0.258 e. The number of fused-ring (bicyclic) bond motifs is 1. The number of para-hydroxylation sites is 1. The van der Waals surface area contributed by atoms with Gasteiger partial charge in [-0.25, -0.2) is 4.98 Å². The molecule has 1 fully saturated rings. The van der Waals surface area contributed by atoms with Crippen LogP contribution in [0.15, 0.2) is 29.1 Å². The molecule has 0 aliphatic carbocycles. The standard InChI is InChI=1S/C14H17N3O2/c18-9-10-5-6-17(7-10)8-13-15-12-4-2-1-3-11(12)14(19)16-13/h1-4,10,18H,5-9H2,(H,15,16,19). The van der Waals surface area contributed by atoms with E-state index in [1.807, 2.05) is 18.2 Å². The van der Waals surface area contributed by atoms with Crippen LogP contribution >= 0.6 is 0 Å². The number of nitrogens with zero attached hydrogens (tertiary/aromatic N) is 2. The molecule has 1 unspecified atom stereocenters. The molecular weight excluding hydrogens is 242 g/mol. The molecule has 2 aromatic rings. The maximum atomic E-state index is 11.9. The number of hydrogen-bond donors (Lipinski definition) is 2. The lowest BCUT2D eigenvalue weighted by atomic mass is 10.1. The minimum atomic E-state index is -0.0847. The zero-order chi connectivity index (χ0) is 13.2. The normalized spacial score (nSPS) is 20.2. The molecule has 1 aromatic carbocycles. The van der Waals surface area contributed by atoms with Gasteiger partial charge < -0.3 is 10.1 Å². The Bertz CT molecular complexity index is 638. The molecule has 2 heterocycles. The van der Waals surface area contributed by atoms with Crippen molar-refractivity contribution in [1.82, 2.24) is 14.9 Å². The molecule has 100 valence electrons. The predicted molar refractivity (Wildman–Crippen MR) is 72.8 cm³/mol. The molecule has 0 amide bonds. The SMILES string of the molecule is O=c1[nH]c(CN2CCC(CO)C2)nc2ccccc12. The molecule has 1 aliphatic rings. The Morgan fingerprint density at radius 3 is 3.05 bits per heavy atom. The van der Waals surface area contributed by atoms with Gasteiger partial charge in [0.2, 0.25) is 0 Å². The lowest BCUT2D eigenvalue weighted by Crippen LogP contribution is -2.24. The summed E-state index contributed by atoms with van der Waals surface area (Å²) in [6.45, 7) is 2.68. The van der Waals surface area contributed by atoms with Crippen LogP contribution in [-0.2, 0) is 6.54 Å². The van der Waals surface area contributed by atoms with Crippen molar-refractivity contribution in [3.63, 3.8) is 0 Å². The number of H-pyrrole nitrogens is 1. The molecular formula is C14H17N3O2. The van der Waals surface area contributed by atoms with Crippen LogP contribution in [0.4, 0.5) is 0 Å². The van der Waals surface area contributed by atoms with E-state index >= 15 is 0 Å². The number of likely N-dealkylation sites (tertiary alicyclic amines) is 1. The van der Waals surface area contributed by atoms with Crippen LogP contribution in [0.25, 0.3) is 10.9 Å². The van der Waals surface area contributed by atoms with Crippen molar-refractivity contribution in [3.8, 4) is 0 Å². The number of benzene rings is 1. The lowest BCUT2D eigenvalue weighted by Gasteiger charge is -2.14. The summed E-state index contributed by atoms with van der Waals surface area (Å²) in [6, 6.07) is 7.36. The number of aliphatic hydroxyl groups excluding tert-OH is 1. The Labute approximate surface area is 110 Å². The van der Waals surface area contributed by atoms with Gasteiger partial charge in [0, 0.05) is 13.2 Å². The van der Waals surface area contributed by atoms with Gasteiger partial charge in [0.15, 0.2) is 0 Å². The first-order valence-corrected chi connectivity index (χ1v) is 6.57. The molecule has 1 aliphatic heterocycles. The fourth-order valence-electron chi connectivity index (χ4n) is 2.63. The lowest BCUT2D eigenvalue weighted by molar-refractivity contribution is 0.219. The third-order valence-corrected chi connectivity index (χ3v) is 3.66. The van der Waals surface area contributed by atoms with Crippen molar-refractivity contribution in [1.29, 1.82) is 0 Å². The third-order valence-electron chi connectivity index (χ3n) is 3.66. The molecule has 5 nitrogen and oxygen atoms in total. The first kappa shape index (κ1) is 12.3. The van der Waals surface area contributed by atoms with Gasteiger partial charge in [-0.3, -0.25) is 9.69 Å². The second-order valence-electron chi connectivity index (χ2n) is 5.10. The van der Waals surface area contributed by atoms with E-state index in [-0.39, 0.29) is 12.2 Å². The summed E-state index contributed by atoms with van der Waals surface area (Å²) in [7, 11) is 0. The summed E-state index contributed by atoms with van der Waals surface area (Å²) in [5.41, 5.74) is 0.651. The molecule has 19 heavy (non-hydrogen) atoms. The molecule has 0 radical (unpaired) electrons. The number of aliphatic hydroxyl groups is 1. The number of nitrogens with one attached hydrogen (secondary N) is 1. The van der Waals surface area contributed by atoms with Gasteiger partial charge in [0.1, 0.15) is 5.82 Å². The van der Waals surface area contributed by atoms with Gasteiger partial charge in [-0.1, -0.05) is 12.1 Å². The molecule has 5 heteroatoms. The Balaban J connectivity index is 1.84. The summed E-state index contributed by atoms with van der Waals surface area (Å²) in [6.07, 6.45) is 1.01. The van der Waals surface area contributed by atoms with Crippen LogP contribution in [0.1, 0.15) is 12.2 Å².